The largest absolute Gasteiger partial charge is 0.398 e. The first-order chi connectivity index (χ1) is 7.27. The first kappa shape index (κ1) is 10.0. The molecule has 1 heterocycles. The maximum absolute atomic E-state index is 5.93. The SMILES string of the molecule is Cc1cccc(SCc2ncno2)c1N. The molecule has 0 fully saturated rings. The Morgan fingerprint density at radius 2 is 2.33 bits per heavy atom. The zero-order valence-electron chi connectivity index (χ0n) is 8.30. The molecule has 78 valence electrons. The lowest BCUT2D eigenvalue weighted by molar-refractivity contribution is 0.390. The number of hydrogen-bond donors (Lipinski definition) is 1. The number of aryl methyl sites for hydroxylation is 1. The molecule has 0 saturated carbocycles. The van der Waals surface area contributed by atoms with E-state index in [0.29, 0.717) is 11.6 Å². The fourth-order valence-corrected chi connectivity index (χ4v) is 2.08. The number of nitrogen functional groups attached to an aromatic ring is 1. The van der Waals surface area contributed by atoms with Gasteiger partial charge in [0.15, 0.2) is 6.33 Å². The van der Waals surface area contributed by atoms with Crippen LogP contribution in [0.15, 0.2) is 33.9 Å². The van der Waals surface area contributed by atoms with Gasteiger partial charge < -0.3 is 10.3 Å². The molecule has 0 aliphatic carbocycles. The molecule has 4 nitrogen and oxygen atoms in total. The van der Waals surface area contributed by atoms with Gasteiger partial charge in [0, 0.05) is 10.6 Å². The molecule has 0 saturated heterocycles. The maximum atomic E-state index is 5.93. The lowest BCUT2D eigenvalue weighted by Gasteiger charge is -2.05. The van der Waals surface area contributed by atoms with E-state index in [-0.39, 0.29) is 0 Å². The maximum Gasteiger partial charge on any atom is 0.236 e. The van der Waals surface area contributed by atoms with E-state index >= 15 is 0 Å². The molecule has 2 N–H and O–H groups in total. The average Bonchev–Trinajstić information content (AvgIpc) is 2.73. The highest BCUT2D eigenvalue weighted by molar-refractivity contribution is 7.98. The molecule has 0 radical (unpaired) electrons. The molecule has 0 atom stereocenters. The van der Waals surface area contributed by atoms with E-state index in [0.717, 1.165) is 16.1 Å². The smallest absolute Gasteiger partial charge is 0.236 e. The zero-order chi connectivity index (χ0) is 10.7. The van der Waals surface area contributed by atoms with Crippen LogP contribution in [0, 0.1) is 6.92 Å². The summed E-state index contributed by atoms with van der Waals surface area (Å²) in [6, 6.07) is 5.97. The summed E-state index contributed by atoms with van der Waals surface area (Å²) in [5, 5.41) is 3.54. The summed E-state index contributed by atoms with van der Waals surface area (Å²) < 4.78 is 4.90. The Bertz CT molecular complexity index is 442. The zero-order valence-corrected chi connectivity index (χ0v) is 9.12. The third-order valence-corrected chi connectivity index (χ3v) is 3.10. The van der Waals surface area contributed by atoms with Crippen molar-refractivity contribution >= 4 is 17.4 Å². The van der Waals surface area contributed by atoms with E-state index in [2.05, 4.69) is 10.1 Å². The Morgan fingerprint density at radius 1 is 1.47 bits per heavy atom. The molecule has 15 heavy (non-hydrogen) atoms. The molecular formula is C10H11N3OS. The van der Waals surface area contributed by atoms with Crippen molar-refractivity contribution in [3.63, 3.8) is 0 Å². The molecule has 2 aromatic rings. The molecule has 0 bridgehead atoms. The molecule has 0 amide bonds. The Kier molecular flexibility index (Phi) is 2.91. The predicted molar refractivity (Wildman–Crippen MR) is 59.5 cm³/mol. The van der Waals surface area contributed by atoms with Gasteiger partial charge in [0.2, 0.25) is 5.89 Å². The van der Waals surface area contributed by atoms with E-state index < -0.39 is 0 Å². The molecular weight excluding hydrogens is 210 g/mol. The molecule has 0 unspecified atom stereocenters. The van der Waals surface area contributed by atoms with Gasteiger partial charge >= 0.3 is 0 Å². The predicted octanol–water partition coefficient (Wildman–Crippen LogP) is 2.25. The van der Waals surface area contributed by atoms with Gasteiger partial charge in [-0.1, -0.05) is 17.3 Å². The van der Waals surface area contributed by atoms with Crippen LogP contribution in [-0.4, -0.2) is 10.1 Å². The first-order valence-corrected chi connectivity index (χ1v) is 5.49. The standard InChI is InChI=1S/C10H11N3OS/c1-7-3-2-4-8(10(7)11)15-5-9-12-6-13-14-9/h2-4,6H,5,11H2,1H3. The highest BCUT2D eigenvalue weighted by atomic mass is 32.2. The third-order valence-electron chi connectivity index (χ3n) is 2.04. The van der Waals surface area contributed by atoms with E-state index in [4.69, 9.17) is 10.3 Å². The summed E-state index contributed by atoms with van der Waals surface area (Å²) in [4.78, 5) is 4.99. The van der Waals surface area contributed by atoms with Crippen molar-refractivity contribution in [1.82, 2.24) is 10.1 Å². The van der Waals surface area contributed by atoms with Crippen LogP contribution in [-0.2, 0) is 5.75 Å². The van der Waals surface area contributed by atoms with Crippen LogP contribution in [0.4, 0.5) is 5.69 Å². The lowest BCUT2D eigenvalue weighted by atomic mass is 10.2. The van der Waals surface area contributed by atoms with Crippen molar-refractivity contribution in [1.29, 1.82) is 0 Å². The average molecular weight is 221 g/mol. The van der Waals surface area contributed by atoms with Crippen LogP contribution in [0.5, 0.6) is 0 Å². The van der Waals surface area contributed by atoms with Gasteiger partial charge in [0.25, 0.3) is 0 Å². The Balaban J connectivity index is 2.08. The number of hydrogen-bond acceptors (Lipinski definition) is 5. The van der Waals surface area contributed by atoms with Crippen LogP contribution < -0.4 is 5.73 Å². The van der Waals surface area contributed by atoms with Gasteiger partial charge in [0.05, 0.1) is 5.75 Å². The molecule has 1 aromatic carbocycles. The second kappa shape index (κ2) is 4.35. The van der Waals surface area contributed by atoms with Crippen LogP contribution in [0.3, 0.4) is 0 Å². The minimum Gasteiger partial charge on any atom is -0.398 e. The lowest BCUT2D eigenvalue weighted by Crippen LogP contribution is -1.92. The van der Waals surface area contributed by atoms with Crippen LogP contribution in [0.25, 0.3) is 0 Å². The number of rotatable bonds is 3. The molecule has 0 aliphatic heterocycles. The van der Waals surface area contributed by atoms with Crippen molar-refractivity contribution < 1.29 is 4.52 Å². The van der Waals surface area contributed by atoms with Crippen molar-refractivity contribution in [3.8, 4) is 0 Å². The number of nitrogens with two attached hydrogens (primary N) is 1. The number of para-hydroxylation sites is 1. The number of nitrogens with zero attached hydrogens (tertiary/aromatic N) is 2. The van der Waals surface area contributed by atoms with Gasteiger partial charge in [-0.25, -0.2) is 0 Å². The number of anilines is 1. The second-order valence-electron chi connectivity index (χ2n) is 3.11. The fraction of sp³-hybridized carbons (Fsp3) is 0.200. The van der Waals surface area contributed by atoms with E-state index in [9.17, 15) is 0 Å². The van der Waals surface area contributed by atoms with Crippen molar-refractivity contribution in [2.45, 2.75) is 17.6 Å². The van der Waals surface area contributed by atoms with Gasteiger partial charge in [-0.2, -0.15) is 4.98 Å². The molecule has 0 spiro atoms. The van der Waals surface area contributed by atoms with Gasteiger partial charge in [-0.3, -0.25) is 0 Å². The third kappa shape index (κ3) is 2.30. The van der Waals surface area contributed by atoms with Crippen molar-refractivity contribution in [2.24, 2.45) is 0 Å². The Morgan fingerprint density at radius 3 is 3.07 bits per heavy atom. The quantitative estimate of drug-likeness (QED) is 0.636. The second-order valence-corrected chi connectivity index (χ2v) is 4.13. The Labute approximate surface area is 91.9 Å². The number of aromatic nitrogens is 2. The van der Waals surface area contributed by atoms with Crippen LogP contribution in [0.1, 0.15) is 11.5 Å². The fourth-order valence-electron chi connectivity index (χ4n) is 1.18. The normalized spacial score (nSPS) is 10.5. The summed E-state index contributed by atoms with van der Waals surface area (Å²) in [7, 11) is 0. The molecule has 5 heteroatoms. The first-order valence-electron chi connectivity index (χ1n) is 4.51. The minimum atomic E-state index is 0.612. The van der Waals surface area contributed by atoms with E-state index in [1.165, 1.54) is 6.33 Å². The van der Waals surface area contributed by atoms with Crippen molar-refractivity contribution in [2.75, 3.05) is 5.73 Å². The topological polar surface area (TPSA) is 64.9 Å². The molecule has 0 aliphatic rings. The minimum absolute atomic E-state index is 0.612. The summed E-state index contributed by atoms with van der Waals surface area (Å²) in [6.07, 6.45) is 1.40. The number of benzene rings is 1. The highest BCUT2D eigenvalue weighted by Crippen LogP contribution is 2.29. The summed E-state index contributed by atoms with van der Waals surface area (Å²) >= 11 is 1.60. The van der Waals surface area contributed by atoms with E-state index in [1.54, 1.807) is 11.8 Å². The van der Waals surface area contributed by atoms with Crippen LogP contribution >= 0.6 is 11.8 Å². The van der Waals surface area contributed by atoms with Gasteiger partial charge in [-0.05, 0) is 18.6 Å². The van der Waals surface area contributed by atoms with Gasteiger partial charge in [-0.15, -0.1) is 11.8 Å². The van der Waals surface area contributed by atoms with Crippen LogP contribution in [0.2, 0.25) is 0 Å². The highest BCUT2D eigenvalue weighted by Gasteiger charge is 2.05. The Hall–Kier alpha value is -1.49. The summed E-state index contributed by atoms with van der Waals surface area (Å²) in [6.45, 7) is 1.99. The molecule has 1 aromatic heterocycles. The van der Waals surface area contributed by atoms with Crippen molar-refractivity contribution in [3.05, 3.63) is 36.0 Å². The summed E-state index contributed by atoms with van der Waals surface area (Å²) in [5.41, 5.74) is 7.84. The summed E-state index contributed by atoms with van der Waals surface area (Å²) in [5.74, 6) is 1.26. The van der Waals surface area contributed by atoms with Gasteiger partial charge in [0.1, 0.15) is 0 Å². The molecule has 2 rings (SSSR count). The monoisotopic (exact) mass is 221 g/mol. The number of thioether (sulfide) groups is 1. The van der Waals surface area contributed by atoms with E-state index in [1.807, 2.05) is 25.1 Å².